The molecular weight excluding hydrogens is 1630 g/mol. The Morgan fingerprint density at radius 2 is 1.14 bits per heavy atom. The van der Waals surface area contributed by atoms with Gasteiger partial charge in [0.15, 0.2) is 5.79 Å². The first-order valence-electron chi connectivity index (χ1n) is 39.0. The highest BCUT2D eigenvalue weighted by atomic mass is 32.2. The summed E-state index contributed by atoms with van der Waals surface area (Å²) in [7, 11) is -4.35. The van der Waals surface area contributed by atoms with E-state index >= 15 is 0 Å². The highest BCUT2D eigenvalue weighted by molar-refractivity contribution is 7.89. The maximum absolute atomic E-state index is 14.6. The zero-order valence-corrected chi connectivity index (χ0v) is 71.8. The summed E-state index contributed by atoms with van der Waals surface area (Å²) in [5, 5.41) is 34.8. The van der Waals surface area contributed by atoms with Crippen LogP contribution in [0.15, 0.2) is 82.8 Å². The number of carboxylic acid groups (broad SMARTS) is 1. The lowest BCUT2D eigenvalue weighted by Crippen LogP contribution is -2.53. The molecule has 4 atom stereocenters. The number of alkyl halides is 6. The van der Waals surface area contributed by atoms with Crippen LogP contribution in [0, 0.1) is 13.8 Å². The number of aromatic carboxylic acids is 1. The standard InChI is InChI=1S/C49H69F3N4O13S.C32H41F3N4O9S.H2O/c1-31-26-33(40(57)67-44(2,3)4)15-14-32(31)17-25-70(61,62)55-20-18-48(19-21-55)41(58)56(43(60)69-46(8,9)10)39(53-48)34-27-35(49(50,51)52)29-36(28-34)64-23-16-37-38(66-47(11,12)65-37)30-63-24-22-54(13)42(59)68-45(5,6)7;1-20-15-22(29(42)43)4-3-21(20)6-14-49(45,46)39-10-7-31(8-11-39)30(44)37-28(38-31)23-16-24(32(33,34)35)18-25(17-23)48-12-5-26(40)27(41)19-47-13-9-36-2;/h14-15,26-29,37-38H,16-25,30H2,1-13H3;3-4,15-18,26-27,36,40-41H,5-14,19H2,1-2H3,(H,42,43)(H,37,38,44);1H2/t37-,38+;26-,27+;/m00./s1. The van der Waals surface area contributed by atoms with Gasteiger partial charge in [0.2, 0.25) is 20.0 Å². The molecule has 39 heteroatoms. The number of carbonyl (C=O) groups excluding carboxylic acids is 5. The minimum absolute atomic E-state index is 0. The minimum Gasteiger partial charge on any atom is -0.493 e. The molecule has 0 saturated carbocycles. The zero-order valence-electron chi connectivity index (χ0n) is 70.2. The van der Waals surface area contributed by atoms with Crippen LogP contribution in [0.5, 0.6) is 11.5 Å². The Kier molecular flexibility index (Phi) is 32.7. The average molecular weight is 1740 g/mol. The Hall–Kier alpha value is -8.48. The molecule has 0 bridgehead atoms. The molecule has 5 aliphatic heterocycles. The van der Waals surface area contributed by atoms with Crippen LogP contribution in [-0.2, 0) is 88.0 Å². The third-order valence-corrected chi connectivity index (χ3v) is 23.6. The van der Waals surface area contributed by atoms with Crippen LogP contribution in [0.3, 0.4) is 0 Å². The molecule has 4 amide bonds. The summed E-state index contributed by atoms with van der Waals surface area (Å²) in [6.45, 7) is 22.6. The van der Waals surface area contributed by atoms with Crippen LogP contribution in [0.1, 0.15) is 180 Å². The first kappa shape index (κ1) is 98.6. The van der Waals surface area contributed by atoms with Crippen LogP contribution in [-0.4, -0.2) is 266 Å². The fourth-order valence-electron chi connectivity index (χ4n) is 13.5. The molecule has 668 valence electrons. The number of aliphatic hydroxyl groups is 2. The van der Waals surface area contributed by atoms with E-state index in [4.69, 9.17) is 47.7 Å². The number of hydrogen-bond donors (Lipinski definition) is 5. The highest BCUT2D eigenvalue weighted by Gasteiger charge is 2.55. The van der Waals surface area contributed by atoms with Gasteiger partial charge in [-0.05, 0) is 218 Å². The van der Waals surface area contributed by atoms with Crippen molar-refractivity contribution >= 4 is 67.7 Å². The van der Waals surface area contributed by atoms with Crippen molar-refractivity contribution in [1.29, 1.82) is 0 Å². The molecule has 0 radical (unpaired) electrons. The van der Waals surface area contributed by atoms with E-state index in [0.717, 1.165) is 24.3 Å². The number of likely N-dealkylation sites (N-methyl/N-ethyl adjacent to an activating group) is 2. The van der Waals surface area contributed by atoms with Gasteiger partial charge in [0, 0.05) is 70.3 Å². The molecule has 3 saturated heterocycles. The van der Waals surface area contributed by atoms with Crippen molar-refractivity contribution in [2.45, 2.75) is 212 Å². The zero-order chi connectivity index (χ0) is 88.4. The molecule has 4 aromatic rings. The predicted octanol–water partition coefficient (Wildman–Crippen LogP) is 8.97. The number of nitrogens with one attached hydrogen (secondary N) is 2. The molecule has 3 fully saturated rings. The topological polar surface area (TPSA) is 408 Å². The van der Waals surface area contributed by atoms with Gasteiger partial charge in [0.05, 0.1) is 85.6 Å². The SMILES string of the molecule is CNCCOC[C@@H](O)[C@@H](O)CCOc1cc(C2=NC3(CCN(S(=O)(=O)CCc4ccc(C(=O)O)cc4C)CC3)C(=O)N2)cc(C(F)(F)F)c1.Cc1cc(C(=O)OC(C)(C)C)ccc1CCS(=O)(=O)N1CCC2(CC1)N=C(c1cc(OCC[C@@H]3OC(C)(C)O[C@@H]3COCCN(C)C(=O)OC(C)(C)C)cc(C(F)(F)F)c1)N(C(=O)OC(C)(C)C)C2=O.O. The molecule has 0 aromatic heterocycles. The summed E-state index contributed by atoms with van der Waals surface area (Å²) in [6, 6.07) is 15.1. The van der Waals surface area contributed by atoms with Crippen LogP contribution >= 0.6 is 0 Å². The monoisotopic (exact) mass is 1740 g/mol. The quantitative estimate of drug-likeness (QED) is 0.0136. The van der Waals surface area contributed by atoms with Gasteiger partial charge in [0.25, 0.3) is 11.8 Å². The Balaban J connectivity index is 0.000000348. The van der Waals surface area contributed by atoms with Gasteiger partial charge >= 0.3 is 36.5 Å². The first-order valence-corrected chi connectivity index (χ1v) is 42.2. The maximum atomic E-state index is 14.6. The van der Waals surface area contributed by atoms with Gasteiger partial charge in [-0.1, -0.05) is 12.1 Å². The molecule has 5 heterocycles. The molecule has 0 unspecified atom stereocenters. The number of amides is 4. The van der Waals surface area contributed by atoms with Crippen molar-refractivity contribution in [3.05, 3.63) is 128 Å². The Morgan fingerprint density at radius 1 is 0.642 bits per heavy atom. The number of aliphatic hydroxyl groups excluding tert-OH is 2. The first-order chi connectivity index (χ1) is 55.1. The van der Waals surface area contributed by atoms with E-state index in [0.29, 0.717) is 45.9 Å². The third kappa shape index (κ3) is 27.3. The fourth-order valence-corrected chi connectivity index (χ4v) is 16.5. The summed E-state index contributed by atoms with van der Waals surface area (Å²) in [6.07, 6.45) is -15.0. The molecule has 7 N–H and O–H groups in total. The maximum Gasteiger partial charge on any atom is 0.423 e. The molecule has 31 nitrogen and oxygen atoms in total. The lowest BCUT2D eigenvalue weighted by atomic mass is 9.88. The van der Waals surface area contributed by atoms with Gasteiger partial charge in [-0.2, -0.15) is 31.2 Å². The lowest BCUT2D eigenvalue weighted by Gasteiger charge is -2.35. The number of benzene rings is 4. The second kappa shape index (κ2) is 39.8. The second-order valence-electron chi connectivity index (χ2n) is 33.3. The van der Waals surface area contributed by atoms with Crippen molar-refractivity contribution in [3.63, 3.8) is 0 Å². The number of imide groups is 1. The number of halogens is 6. The normalized spacial score (nSPS) is 18.8. The van der Waals surface area contributed by atoms with Gasteiger partial charge in [0.1, 0.15) is 63.3 Å². The molecular formula is C81H112F6N8O23S2. The molecule has 2 spiro atoms. The fraction of sp³-hybridized carbons (Fsp3) is 0.605. The lowest BCUT2D eigenvalue weighted by molar-refractivity contribution is -0.151. The van der Waals surface area contributed by atoms with Crippen molar-refractivity contribution in [2.24, 2.45) is 9.98 Å². The predicted molar refractivity (Wildman–Crippen MR) is 428 cm³/mol. The van der Waals surface area contributed by atoms with E-state index in [1.54, 1.807) is 128 Å². The molecule has 4 aromatic carbocycles. The number of esters is 1. The third-order valence-electron chi connectivity index (χ3n) is 19.8. The Morgan fingerprint density at radius 3 is 1.66 bits per heavy atom. The van der Waals surface area contributed by atoms with Crippen molar-refractivity contribution < 1.29 is 135 Å². The largest absolute Gasteiger partial charge is 0.493 e. The number of sulfonamides is 2. The number of rotatable bonds is 31. The molecule has 5 aliphatic rings. The number of aliphatic imine (C=N–C) groups is 2. The van der Waals surface area contributed by atoms with E-state index in [9.17, 15) is 82.2 Å². The molecule has 120 heavy (non-hydrogen) atoms. The van der Waals surface area contributed by atoms with Gasteiger partial charge in [-0.3, -0.25) is 19.6 Å². The second-order valence-corrected chi connectivity index (χ2v) is 37.5. The summed E-state index contributed by atoms with van der Waals surface area (Å²) in [4.78, 5) is 88.7. The highest BCUT2D eigenvalue weighted by Crippen LogP contribution is 2.42. The van der Waals surface area contributed by atoms with E-state index in [2.05, 4.69) is 20.6 Å². The van der Waals surface area contributed by atoms with E-state index < -0.39 is 143 Å². The van der Waals surface area contributed by atoms with Crippen molar-refractivity contribution in [2.75, 3.05) is 105 Å². The summed E-state index contributed by atoms with van der Waals surface area (Å²) in [5.41, 5.74) is -4.86. The number of ether oxygens (including phenoxy) is 9. The minimum atomic E-state index is -4.89. The smallest absolute Gasteiger partial charge is 0.423 e. The molecule has 9 rings (SSSR count). The number of carbonyl (C=O) groups is 6. The van der Waals surface area contributed by atoms with Crippen molar-refractivity contribution in [1.82, 2.24) is 29.0 Å². The van der Waals surface area contributed by atoms with E-state index in [1.165, 1.54) is 37.8 Å². The average Bonchev–Trinajstić information content (AvgIpc) is 1.58. The number of carboxylic acids is 1. The Bertz CT molecular complexity index is 4610. The summed E-state index contributed by atoms with van der Waals surface area (Å²) < 4.78 is 192. The van der Waals surface area contributed by atoms with Crippen molar-refractivity contribution in [3.8, 4) is 11.5 Å². The van der Waals surface area contributed by atoms with Crippen LogP contribution < -0.4 is 20.1 Å². The van der Waals surface area contributed by atoms with Gasteiger partial charge in [-0.25, -0.2) is 44.6 Å². The van der Waals surface area contributed by atoms with Gasteiger partial charge < -0.3 is 79.0 Å². The summed E-state index contributed by atoms with van der Waals surface area (Å²) >= 11 is 0. The van der Waals surface area contributed by atoms with Crippen LogP contribution in [0.4, 0.5) is 35.9 Å². The number of nitrogens with zero attached hydrogens (tertiary/aromatic N) is 6. The van der Waals surface area contributed by atoms with E-state index in [-0.39, 0.29) is 168 Å². The number of amidine groups is 2. The van der Waals surface area contributed by atoms with Crippen LogP contribution in [0.2, 0.25) is 0 Å². The van der Waals surface area contributed by atoms with E-state index in [1.807, 2.05) is 0 Å². The van der Waals surface area contributed by atoms with Gasteiger partial charge in [-0.15, -0.1) is 0 Å². The number of hydrogen-bond acceptors (Lipinski definition) is 24. The molecule has 0 aliphatic carbocycles. The Labute approximate surface area is 695 Å². The summed E-state index contributed by atoms with van der Waals surface area (Å²) in [5.74, 6) is -5.47. The number of piperidine rings is 2. The van der Waals surface area contributed by atoms with Crippen LogP contribution in [0.25, 0.3) is 0 Å². The number of aryl methyl sites for hydroxylation is 4.